The average Bonchev–Trinajstić information content (AvgIpc) is 2.58. The Bertz CT molecular complexity index is 611. The summed E-state index contributed by atoms with van der Waals surface area (Å²) in [6.45, 7) is 10.1. The Morgan fingerprint density at radius 2 is 1.96 bits per heavy atom. The zero-order chi connectivity index (χ0) is 20.3. The summed E-state index contributed by atoms with van der Waals surface area (Å²) in [5, 5.41) is 6.17. The number of hydrogen-bond acceptors (Lipinski definition) is 4. The number of aliphatic imine (C=N–C) groups is 1. The van der Waals surface area contributed by atoms with E-state index in [-0.39, 0.29) is 18.0 Å². The molecule has 0 aliphatic rings. The Hall–Kier alpha value is -2.44. The van der Waals surface area contributed by atoms with Gasteiger partial charge in [0.05, 0.1) is 20.3 Å². The van der Waals surface area contributed by atoms with Gasteiger partial charge in [-0.3, -0.25) is 9.79 Å². The first-order chi connectivity index (χ1) is 12.7. The first kappa shape index (κ1) is 22.6. The van der Waals surface area contributed by atoms with E-state index in [1.54, 1.807) is 7.11 Å². The Kier molecular flexibility index (Phi) is 9.47. The van der Waals surface area contributed by atoms with Crippen molar-refractivity contribution in [3.8, 4) is 11.5 Å². The zero-order valence-electron chi connectivity index (χ0n) is 17.5. The van der Waals surface area contributed by atoms with E-state index in [9.17, 15) is 4.79 Å². The van der Waals surface area contributed by atoms with Gasteiger partial charge in [0.2, 0.25) is 5.91 Å². The normalized spacial score (nSPS) is 11.7. The highest BCUT2D eigenvalue weighted by atomic mass is 16.5. The Balaban J connectivity index is 2.46. The molecule has 1 aromatic rings. The molecule has 0 aromatic heterocycles. The molecule has 0 spiro atoms. The number of carbonyl (C=O) groups excluding carboxylic acids is 1. The molecule has 0 heterocycles. The van der Waals surface area contributed by atoms with Gasteiger partial charge in [-0.25, -0.2) is 0 Å². The minimum atomic E-state index is -0.245. The SMILES string of the molecule is CCNC(=NCCCOc1cccc(OC)c1)N(C)CC(=O)NC(C)(C)C. The van der Waals surface area contributed by atoms with Crippen LogP contribution in [0, 0.1) is 0 Å². The van der Waals surface area contributed by atoms with Crippen LogP contribution >= 0.6 is 0 Å². The number of likely N-dealkylation sites (N-methyl/N-ethyl adjacent to an activating group) is 1. The van der Waals surface area contributed by atoms with Crippen molar-refractivity contribution >= 4 is 11.9 Å². The maximum Gasteiger partial charge on any atom is 0.240 e. The highest BCUT2D eigenvalue weighted by molar-refractivity contribution is 5.86. The van der Waals surface area contributed by atoms with E-state index in [0.29, 0.717) is 19.1 Å². The average molecular weight is 379 g/mol. The number of amides is 1. The van der Waals surface area contributed by atoms with E-state index < -0.39 is 0 Å². The fourth-order valence-electron chi connectivity index (χ4n) is 2.35. The first-order valence-corrected chi connectivity index (χ1v) is 9.32. The van der Waals surface area contributed by atoms with Gasteiger partial charge in [-0.05, 0) is 39.8 Å². The summed E-state index contributed by atoms with van der Waals surface area (Å²) in [6, 6.07) is 7.53. The van der Waals surface area contributed by atoms with Crippen molar-refractivity contribution in [2.24, 2.45) is 4.99 Å². The number of guanidine groups is 1. The number of benzene rings is 1. The molecule has 0 bridgehead atoms. The van der Waals surface area contributed by atoms with Crippen molar-refractivity contribution in [1.29, 1.82) is 0 Å². The van der Waals surface area contributed by atoms with Crippen LogP contribution in [0.3, 0.4) is 0 Å². The van der Waals surface area contributed by atoms with Crippen molar-refractivity contribution in [2.75, 3.05) is 40.4 Å². The van der Waals surface area contributed by atoms with E-state index in [2.05, 4.69) is 15.6 Å². The minimum Gasteiger partial charge on any atom is -0.497 e. The van der Waals surface area contributed by atoms with E-state index in [0.717, 1.165) is 24.5 Å². The molecule has 0 radical (unpaired) electrons. The quantitative estimate of drug-likeness (QED) is 0.392. The maximum atomic E-state index is 12.1. The summed E-state index contributed by atoms with van der Waals surface area (Å²) in [5.74, 6) is 2.23. The summed E-state index contributed by atoms with van der Waals surface area (Å²) in [4.78, 5) is 18.5. The van der Waals surface area contributed by atoms with Gasteiger partial charge < -0.3 is 25.0 Å². The number of ether oxygens (including phenoxy) is 2. The number of nitrogens with zero attached hydrogens (tertiary/aromatic N) is 2. The number of methoxy groups -OCH3 is 1. The van der Waals surface area contributed by atoms with E-state index in [1.807, 2.05) is 63.9 Å². The second kappa shape index (κ2) is 11.3. The van der Waals surface area contributed by atoms with Gasteiger partial charge in [0.25, 0.3) is 0 Å². The van der Waals surface area contributed by atoms with Crippen LogP contribution in [-0.4, -0.2) is 62.7 Å². The Labute approximate surface area is 163 Å². The Morgan fingerprint density at radius 3 is 2.59 bits per heavy atom. The first-order valence-electron chi connectivity index (χ1n) is 9.32. The second-order valence-corrected chi connectivity index (χ2v) is 7.27. The molecule has 152 valence electrons. The van der Waals surface area contributed by atoms with Crippen LogP contribution in [-0.2, 0) is 4.79 Å². The standard InChI is InChI=1S/C20H34N4O3/c1-7-21-19(24(5)15-18(25)23-20(2,3)4)22-12-9-13-27-17-11-8-10-16(14-17)26-6/h8,10-11,14H,7,9,12-13,15H2,1-6H3,(H,21,22)(H,23,25). The second-order valence-electron chi connectivity index (χ2n) is 7.27. The number of carbonyl (C=O) groups is 1. The molecule has 0 unspecified atom stereocenters. The lowest BCUT2D eigenvalue weighted by atomic mass is 10.1. The summed E-state index contributed by atoms with van der Waals surface area (Å²) >= 11 is 0. The summed E-state index contributed by atoms with van der Waals surface area (Å²) in [7, 11) is 3.49. The van der Waals surface area contributed by atoms with Crippen molar-refractivity contribution in [1.82, 2.24) is 15.5 Å². The van der Waals surface area contributed by atoms with Gasteiger partial charge in [0.1, 0.15) is 11.5 Å². The monoisotopic (exact) mass is 378 g/mol. The molecular weight excluding hydrogens is 344 g/mol. The number of hydrogen-bond donors (Lipinski definition) is 2. The van der Waals surface area contributed by atoms with Crippen molar-refractivity contribution in [2.45, 2.75) is 39.7 Å². The third kappa shape index (κ3) is 9.72. The molecule has 7 heteroatoms. The third-order valence-corrected chi connectivity index (χ3v) is 3.47. The molecular formula is C20H34N4O3. The highest BCUT2D eigenvalue weighted by Gasteiger charge is 2.16. The molecule has 2 N–H and O–H groups in total. The van der Waals surface area contributed by atoms with Crippen molar-refractivity contribution in [3.05, 3.63) is 24.3 Å². The lowest BCUT2D eigenvalue weighted by Gasteiger charge is -2.25. The molecule has 27 heavy (non-hydrogen) atoms. The molecule has 1 rings (SSSR count). The van der Waals surface area contributed by atoms with Gasteiger partial charge in [-0.15, -0.1) is 0 Å². The largest absolute Gasteiger partial charge is 0.497 e. The molecule has 0 saturated heterocycles. The number of rotatable bonds is 9. The molecule has 0 fully saturated rings. The summed E-state index contributed by atoms with van der Waals surface area (Å²) in [6.07, 6.45) is 0.772. The Morgan fingerprint density at radius 1 is 1.26 bits per heavy atom. The molecule has 1 amide bonds. The lowest BCUT2D eigenvalue weighted by Crippen LogP contribution is -2.48. The van der Waals surface area contributed by atoms with Gasteiger partial charge in [-0.2, -0.15) is 0 Å². The fraction of sp³-hybridized carbons (Fsp3) is 0.600. The van der Waals surface area contributed by atoms with Crippen LogP contribution in [0.5, 0.6) is 11.5 Å². The summed E-state index contributed by atoms with van der Waals surface area (Å²) in [5.41, 5.74) is -0.245. The molecule has 0 aliphatic heterocycles. The van der Waals surface area contributed by atoms with E-state index in [1.165, 1.54) is 0 Å². The predicted molar refractivity (Wildman–Crippen MR) is 110 cm³/mol. The minimum absolute atomic E-state index is 0.0306. The highest BCUT2D eigenvalue weighted by Crippen LogP contribution is 2.18. The van der Waals surface area contributed by atoms with Crippen LogP contribution in [0.4, 0.5) is 0 Å². The zero-order valence-corrected chi connectivity index (χ0v) is 17.5. The fourth-order valence-corrected chi connectivity index (χ4v) is 2.35. The molecule has 7 nitrogen and oxygen atoms in total. The number of nitrogens with one attached hydrogen (secondary N) is 2. The van der Waals surface area contributed by atoms with Crippen molar-refractivity contribution < 1.29 is 14.3 Å². The van der Waals surface area contributed by atoms with Gasteiger partial charge in [0.15, 0.2) is 5.96 Å². The van der Waals surface area contributed by atoms with Crippen molar-refractivity contribution in [3.63, 3.8) is 0 Å². The van der Waals surface area contributed by atoms with Gasteiger partial charge in [0, 0.05) is 38.2 Å². The molecule has 0 atom stereocenters. The smallest absolute Gasteiger partial charge is 0.240 e. The van der Waals surface area contributed by atoms with Crippen LogP contribution in [0.2, 0.25) is 0 Å². The van der Waals surface area contributed by atoms with Crippen LogP contribution in [0.15, 0.2) is 29.3 Å². The molecule has 1 aromatic carbocycles. The van der Waals surface area contributed by atoms with E-state index in [4.69, 9.17) is 9.47 Å². The van der Waals surface area contributed by atoms with Gasteiger partial charge >= 0.3 is 0 Å². The van der Waals surface area contributed by atoms with Gasteiger partial charge in [-0.1, -0.05) is 6.07 Å². The lowest BCUT2D eigenvalue weighted by molar-refractivity contribution is -0.122. The molecule has 0 aliphatic carbocycles. The third-order valence-electron chi connectivity index (χ3n) is 3.47. The predicted octanol–water partition coefficient (Wildman–Crippen LogP) is 2.28. The maximum absolute atomic E-state index is 12.1. The van der Waals surface area contributed by atoms with Crippen LogP contribution in [0.25, 0.3) is 0 Å². The van der Waals surface area contributed by atoms with Crippen LogP contribution in [0.1, 0.15) is 34.1 Å². The molecule has 0 saturated carbocycles. The topological polar surface area (TPSA) is 75.2 Å². The van der Waals surface area contributed by atoms with E-state index >= 15 is 0 Å². The van der Waals surface area contributed by atoms with Crippen LogP contribution < -0.4 is 20.1 Å². The summed E-state index contributed by atoms with van der Waals surface area (Å²) < 4.78 is 10.9.